The molecular formula is C52H32N6. The average Bonchev–Trinajstić information content (AvgIpc) is 3.98. The molecule has 6 heteroatoms. The van der Waals surface area contributed by atoms with Crippen molar-refractivity contribution in [3.8, 4) is 34.6 Å². The second-order valence-corrected chi connectivity index (χ2v) is 15.3. The van der Waals surface area contributed by atoms with Gasteiger partial charge in [-0.25, -0.2) is 0 Å². The van der Waals surface area contributed by atoms with Gasteiger partial charge < -0.3 is 18.3 Å². The van der Waals surface area contributed by atoms with Crippen LogP contribution in [-0.2, 0) is 14.1 Å². The van der Waals surface area contributed by atoms with E-state index in [1.165, 1.54) is 10.8 Å². The van der Waals surface area contributed by atoms with Gasteiger partial charge in [0.2, 0.25) is 0 Å². The fourth-order valence-corrected chi connectivity index (χ4v) is 9.97. The molecule has 0 radical (unpaired) electrons. The zero-order valence-corrected chi connectivity index (χ0v) is 31.7. The molecule has 270 valence electrons. The topological polar surface area (TPSA) is 67.3 Å². The summed E-state index contributed by atoms with van der Waals surface area (Å²) in [4.78, 5) is 0. The van der Waals surface area contributed by atoms with Gasteiger partial charge in [0.1, 0.15) is 0 Å². The predicted molar refractivity (Wildman–Crippen MR) is 238 cm³/mol. The van der Waals surface area contributed by atoms with Crippen molar-refractivity contribution in [1.82, 2.24) is 18.3 Å². The van der Waals surface area contributed by atoms with Gasteiger partial charge in [0, 0.05) is 73.8 Å². The Kier molecular flexibility index (Phi) is 6.51. The van der Waals surface area contributed by atoms with Crippen LogP contribution in [0, 0.1) is 22.7 Å². The highest BCUT2D eigenvalue weighted by Gasteiger charge is 2.26. The molecule has 6 nitrogen and oxygen atoms in total. The van der Waals surface area contributed by atoms with Crippen molar-refractivity contribution in [3.63, 3.8) is 0 Å². The predicted octanol–water partition coefficient (Wildman–Crippen LogP) is 12.6. The van der Waals surface area contributed by atoms with E-state index in [1.807, 2.05) is 30.3 Å². The van der Waals surface area contributed by atoms with E-state index >= 15 is 0 Å². The molecule has 0 aliphatic carbocycles. The molecule has 0 amide bonds. The highest BCUT2D eigenvalue weighted by molar-refractivity contribution is 6.27. The highest BCUT2D eigenvalue weighted by atomic mass is 15.0. The van der Waals surface area contributed by atoms with Crippen molar-refractivity contribution < 1.29 is 0 Å². The minimum absolute atomic E-state index is 0.539. The molecule has 4 heterocycles. The SMILES string of the molecule is Cn1c2ccccc2c2c1ccc1c3ccccc3n(-c3cc(C#N)cc(-n4c5ccccc5c5ccc6c(c7ccccc7n6C)c54)c3-c3cccc(C#N)c3)c12. The van der Waals surface area contributed by atoms with Crippen LogP contribution >= 0.6 is 0 Å². The summed E-state index contributed by atoms with van der Waals surface area (Å²) in [6, 6.07) is 60.2. The van der Waals surface area contributed by atoms with Crippen LogP contribution in [0.15, 0.2) is 158 Å². The lowest BCUT2D eigenvalue weighted by atomic mass is 9.96. The smallest absolute Gasteiger partial charge is 0.0993 e. The van der Waals surface area contributed by atoms with Crippen LogP contribution in [-0.4, -0.2) is 18.3 Å². The molecule has 8 aromatic carbocycles. The molecule has 0 atom stereocenters. The summed E-state index contributed by atoms with van der Waals surface area (Å²) >= 11 is 0. The van der Waals surface area contributed by atoms with E-state index in [1.54, 1.807) is 0 Å². The molecule has 0 aliphatic rings. The van der Waals surface area contributed by atoms with E-state index < -0.39 is 0 Å². The van der Waals surface area contributed by atoms with Crippen LogP contribution in [0.1, 0.15) is 11.1 Å². The van der Waals surface area contributed by atoms with Crippen LogP contribution in [0.2, 0.25) is 0 Å². The van der Waals surface area contributed by atoms with Crippen molar-refractivity contribution >= 4 is 87.2 Å². The van der Waals surface area contributed by atoms with Gasteiger partial charge >= 0.3 is 0 Å². The van der Waals surface area contributed by atoms with E-state index in [9.17, 15) is 10.5 Å². The lowest BCUT2D eigenvalue weighted by molar-refractivity contribution is 1.01. The van der Waals surface area contributed by atoms with E-state index in [2.05, 4.69) is 172 Å². The normalized spacial score (nSPS) is 11.9. The van der Waals surface area contributed by atoms with Crippen molar-refractivity contribution in [3.05, 3.63) is 169 Å². The van der Waals surface area contributed by atoms with Crippen molar-refractivity contribution in [1.29, 1.82) is 10.5 Å². The quantitative estimate of drug-likeness (QED) is 0.181. The monoisotopic (exact) mass is 740 g/mol. The third-order valence-corrected chi connectivity index (χ3v) is 12.4. The van der Waals surface area contributed by atoms with Crippen LogP contribution in [0.25, 0.3) is 110 Å². The molecule has 0 fully saturated rings. The van der Waals surface area contributed by atoms with Crippen molar-refractivity contribution in [2.75, 3.05) is 0 Å². The van der Waals surface area contributed by atoms with E-state index in [0.717, 1.165) is 99.0 Å². The lowest BCUT2D eigenvalue weighted by Gasteiger charge is -2.21. The van der Waals surface area contributed by atoms with Gasteiger partial charge in [-0.05, 0) is 66.2 Å². The Morgan fingerprint density at radius 2 is 0.828 bits per heavy atom. The number of hydrogen-bond acceptors (Lipinski definition) is 2. The Hall–Kier alpha value is -8.06. The molecule has 12 rings (SSSR count). The minimum atomic E-state index is 0.539. The fraction of sp³-hybridized carbons (Fsp3) is 0.0385. The zero-order valence-electron chi connectivity index (χ0n) is 31.7. The third kappa shape index (κ3) is 4.13. The van der Waals surface area contributed by atoms with Gasteiger partial charge in [-0.15, -0.1) is 0 Å². The fourth-order valence-electron chi connectivity index (χ4n) is 9.97. The molecule has 0 unspecified atom stereocenters. The Morgan fingerprint density at radius 1 is 0.379 bits per heavy atom. The summed E-state index contributed by atoms with van der Waals surface area (Å²) in [6.45, 7) is 0. The number of hydrogen-bond donors (Lipinski definition) is 0. The van der Waals surface area contributed by atoms with E-state index in [4.69, 9.17) is 0 Å². The number of nitrogens with zero attached hydrogens (tertiary/aromatic N) is 6. The number of fused-ring (bicyclic) bond motifs is 14. The Balaban J connectivity index is 1.35. The van der Waals surface area contributed by atoms with Gasteiger partial charge in [-0.2, -0.15) is 10.5 Å². The average molecular weight is 741 g/mol. The number of aromatic nitrogens is 4. The zero-order chi connectivity index (χ0) is 38.8. The first kappa shape index (κ1) is 32.2. The second kappa shape index (κ2) is 11.7. The molecular weight excluding hydrogens is 709 g/mol. The summed E-state index contributed by atoms with van der Waals surface area (Å²) in [7, 11) is 4.26. The molecule has 0 saturated heterocycles. The number of para-hydroxylation sites is 4. The van der Waals surface area contributed by atoms with Crippen molar-refractivity contribution in [2.45, 2.75) is 0 Å². The summed E-state index contributed by atoms with van der Waals surface area (Å²) in [6.07, 6.45) is 0. The van der Waals surface area contributed by atoms with Gasteiger partial charge in [0.05, 0.1) is 67.7 Å². The Labute approximate surface area is 332 Å². The van der Waals surface area contributed by atoms with Crippen LogP contribution in [0.4, 0.5) is 0 Å². The van der Waals surface area contributed by atoms with Crippen LogP contribution < -0.4 is 0 Å². The molecule has 0 saturated carbocycles. The third-order valence-electron chi connectivity index (χ3n) is 12.4. The largest absolute Gasteiger partial charge is 0.344 e. The Morgan fingerprint density at radius 3 is 1.31 bits per heavy atom. The van der Waals surface area contributed by atoms with Gasteiger partial charge in [-0.3, -0.25) is 0 Å². The van der Waals surface area contributed by atoms with Gasteiger partial charge in [0.25, 0.3) is 0 Å². The highest BCUT2D eigenvalue weighted by Crippen LogP contribution is 2.47. The first-order valence-electron chi connectivity index (χ1n) is 19.4. The number of benzene rings is 8. The van der Waals surface area contributed by atoms with Gasteiger partial charge in [-0.1, -0.05) is 97.1 Å². The first-order valence-corrected chi connectivity index (χ1v) is 19.4. The molecule has 0 aliphatic heterocycles. The maximum absolute atomic E-state index is 11.0. The molecule has 58 heavy (non-hydrogen) atoms. The standard InChI is InChI=1S/C52H32N6/c1-55-40-18-7-5-16-38(40)49-44(55)24-22-36-34-14-3-9-20-42(34)57(51(36)49)46-27-32(30-54)28-47(48(46)33-13-11-12-31(26-33)29-53)58-43-21-10-4-15-35(43)37-23-25-45-50(52(37)58)39-17-6-8-19-41(39)56(45)2/h3-28H,1-2H3. The van der Waals surface area contributed by atoms with E-state index in [0.29, 0.717) is 11.1 Å². The molecule has 0 spiro atoms. The summed E-state index contributed by atoms with van der Waals surface area (Å²) < 4.78 is 9.29. The molecule has 0 bridgehead atoms. The van der Waals surface area contributed by atoms with Crippen LogP contribution in [0.5, 0.6) is 0 Å². The summed E-state index contributed by atoms with van der Waals surface area (Å²) in [5.41, 5.74) is 13.4. The number of rotatable bonds is 3. The maximum Gasteiger partial charge on any atom is 0.0993 e. The van der Waals surface area contributed by atoms with E-state index in [-0.39, 0.29) is 0 Å². The Bertz CT molecular complexity index is 3640. The number of aryl methyl sites for hydroxylation is 2. The maximum atomic E-state index is 11.0. The first-order chi connectivity index (χ1) is 28.6. The molecule has 12 aromatic rings. The summed E-state index contributed by atoms with van der Waals surface area (Å²) in [5.74, 6) is 0. The van der Waals surface area contributed by atoms with Crippen LogP contribution in [0.3, 0.4) is 0 Å². The van der Waals surface area contributed by atoms with Crippen molar-refractivity contribution in [2.24, 2.45) is 14.1 Å². The number of nitriles is 2. The minimum Gasteiger partial charge on any atom is -0.344 e. The summed E-state index contributed by atoms with van der Waals surface area (Å²) in [5, 5.41) is 30.5. The molecule has 4 aromatic heterocycles. The van der Waals surface area contributed by atoms with Gasteiger partial charge in [0.15, 0.2) is 0 Å². The second-order valence-electron chi connectivity index (χ2n) is 15.3. The lowest BCUT2D eigenvalue weighted by Crippen LogP contribution is -2.05. The molecule has 0 N–H and O–H groups in total.